The smallest absolute Gasteiger partial charge is 0.251 e. The minimum Gasteiger partial charge on any atom is -0.322 e. The minimum absolute atomic E-state index is 0.0446. The zero-order chi connectivity index (χ0) is 14.8. The topological polar surface area (TPSA) is 32.9 Å². The highest BCUT2D eigenvalue weighted by Crippen LogP contribution is 2.34. The van der Waals surface area contributed by atoms with E-state index in [0.717, 1.165) is 28.8 Å². The highest BCUT2D eigenvalue weighted by Gasteiger charge is 2.19. The summed E-state index contributed by atoms with van der Waals surface area (Å²) >= 11 is 0. The fourth-order valence-electron chi connectivity index (χ4n) is 3.36. The highest BCUT2D eigenvalue weighted by atomic mass is 16.1. The second-order valence-corrected chi connectivity index (χ2v) is 6.16. The van der Waals surface area contributed by atoms with Crippen LogP contribution in [0.4, 0.5) is 0 Å². The van der Waals surface area contributed by atoms with E-state index in [9.17, 15) is 4.79 Å². The van der Waals surface area contributed by atoms with E-state index in [0.29, 0.717) is 5.92 Å². The third-order valence-electron chi connectivity index (χ3n) is 4.87. The monoisotopic (exact) mass is 281 g/mol. The fraction of sp³-hybridized carbons (Fsp3) is 0.421. The molecule has 1 N–H and O–H groups in total. The van der Waals surface area contributed by atoms with Crippen LogP contribution in [0.1, 0.15) is 50.2 Å². The van der Waals surface area contributed by atoms with Crippen LogP contribution in [0.2, 0.25) is 0 Å². The second kappa shape index (κ2) is 5.88. The van der Waals surface area contributed by atoms with Gasteiger partial charge in [-0.25, -0.2) is 0 Å². The molecule has 2 nitrogen and oxygen atoms in total. The van der Waals surface area contributed by atoms with E-state index < -0.39 is 0 Å². The zero-order valence-electron chi connectivity index (χ0n) is 12.9. The lowest BCUT2D eigenvalue weighted by atomic mass is 9.80. The number of H-pyrrole nitrogens is 1. The molecular weight excluding hydrogens is 258 g/mol. The van der Waals surface area contributed by atoms with Crippen LogP contribution in [-0.2, 0) is 6.42 Å². The molecule has 2 heteroatoms. The standard InChI is InChI=1S/C19H23NO/c1-3-14-11-17-12-16(9-10-18(17)20-19(14)21)13(2)15-7-5-4-6-8-15/h4-5,9-13,15H,3,6-8H2,1-2H3,(H,20,21). The second-order valence-electron chi connectivity index (χ2n) is 6.16. The SMILES string of the molecule is CCc1cc2cc(C(C)C3CC=CCC3)ccc2[nH]c1=O. The van der Waals surface area contributed by atoms with Crippen LogP contribution in [0.25, 0.3) is 10.9 Å². The molecule has 0 saturated heterocycles. The van der Waals surface area contributed by atoms with Crippen molar-refractivity contribution < 1.29 is 0 Å². The van der Waals surface area contributed by atoms with Gasteiger partial charge in [0.2, 0.25) is 0 Å². The number of allylic oxidation sites excluding steroid dienone is 2. The molecule has 0 saturated carbocycles. The maximum Gasteiger partial charge on any atom is 0.251 e. The van der Waals surface area contributed by atoms with Crippen molar-refractivity contribution in [3.8, 4) is 0 Å². The lowest BCUT2D eigenvalue weighted by molar-refractivity contribution is 0.410. The molecule has 0 fully saturated rings. The highest BCUT2D eigenvalue weighted by molar-refractivity contribution is 5.79. The Bertz CT molecular complexity index is 726. The van der Waals surface area contributed by atoms with Crippen molar-refractivity contribution in [2.45, 2.75) is 45.4 Å². The molecule has 1 aliphatic rings. The van der Waals surface area contributed by atoms with Crippen molar-refractivity contribution in [2.75, 3.05) is 0 Å². The van der Waals surface area contributed by atoms with Gasteiger partial charge in [-0.1, -0.05) is 32.1 Å². The Kier molecular flexibility index (Phi) is 3.96. The molecule has 0 bridgehead atoms. The number of hydrogen-bond acceptors (Lipinski definition) is 1. The van der Waals surface area contributed by atoms with E-state index in [1.54, 1.807) is 0 Å². The maximum atomic E-state index is 11.9. The molecule has 1 aromatic carbocycles. The van der Waals surface area contributed by atoms with Gasteiger partial charge in [-0.05, 0) is 66.7 Å². The predicted molar refractivity (Wildman–Crippen MR) is 88.8 cm³/mol. The average Bonchev–Trinajstić information content (AvgIpc) is 2.54. The summed E-state index contributed by atoms with van der Waals surface area (Å²) < 4.78 is 0. The summed E-state index contributed by atoms with van der Waals surface area (Å²) in [4.78, 5) is 14.9. The first-order valence-electron chi connectivity index (χ1n) is 8.00. The Morgan fingerprint density at radius 2 is 2.14 bits per heavy atom. The Hall–Kier alpha value is -1.83. The number of hydrogen-bond donors (Lipinski definition) is 1. The van der Waals surface area contributed by atoms with Gasteiger partial charge in [0.25, 0.3) is 5.56 Å². The first-order valence-corrected chi connectivity index (χ1v) is 8.00. The van der Waals surface area contributed by atoms with Gasteiger partial charge >= 0.3 is 0 Å². The quantitative estimate of drug-likeness (QED) is 0.822. The maximum absolute atomic E-state index is 11.9. The molecule has 0 amide bonds. The summed E-state index contributed by atoms with van der Waals surface area (Å²) in [6.45, 7) is 4.36. The van der Waals surface area contributed by atoms with Crippen molar-refractivity contribution in [3.05, 3.63) is 57.9 Å². The molecule has 110 valence electrons. The number of nitrogens with one attached hydrogen (secondary N) is 1. The molecule has 0 spiro atoms. The Labute approximate surface area is 125 Å². The van der Waals surface area contributed by atoms with Crippen molar-refractivity contribution in [2.24, 2.45) is 5.92 Å². The Balaban J connectivity index is 1.98. The van der Waals surface area contributed by atoms with E-state index in [4.69, 9.17) is 0 Å². The van der Waals surface area contributed by atoms with Gasteiger partial charge in [0.1, 0.15) is 0 Å². The van der Waals surface area contributed by atoms with Crippen LogP contribution in [-0.4, -0.2) is 4.98 Å². The fourth-order valence-corrected chi connectivity index (χ4v) is 3.36. The van der Waals surface area contributed by atoms with E-state index in [1.165, 1.54) is 24.8 Å². The predicted octanol–water partition coefficient (Wildman–Crippen LogP) is 4.55. The lowest BCUT2D eigenvalue weighted by Crippen LogP contribution is -2.13. The van der Waals surface area contributed by atoms with Gasteiger partial charge in [-0.2, -0.15) is 0 Å². The zero-order valence-corrected chi connectivity index (χ0v) is 12.9. The van der Waals surface area contributed by atoms with Crippen molar-refractivity contribution in [1.82, 2.24) is 4.98 Å². The lowest BCUT2D eigenvalue weighted by Gasteiger charge is -2.25. The van der Waals surface area contributed by atoms with Gasteiger partial charge in [-0.3, -0.25) is 4.79 Å². The number of rotatable bonds is 3. The van der Waals surface area contributed by atoms with Gasteiger partial charge in [0.05, 0.1) is 0 Å². The van der Waals surface area contributed by atoms with Crippen LogP contribution in [0.3, 0.4) is 0 Å². The van der Waals surface area contributed by atoms with Crippen LogP contribution in [0, 0.1) is 5.92 Å². The number of aryl methyl sites for hydroxylation is 1. The third-order valence-corrected chi connectivity index (χ3v) is 4.87. The van der Waals surface area contributed by atoms with Gasteiger partial charge in [0.15, 0.2) is 0 Å². The van der Waals surface area contributed by atoms with Crippen LogP contribution < -0.4 is 5.56 Å². The van der Waals surface area contributed by atoms with Crippen molar-refractivity contribution in [3.63, 3.8) is 0 Å². The van der Waals surface area contributed by atoms with E-state index >= 15 is 0 Å². The van der Waals surface area contributed by atoms with Crippen LogP contribution in [0.5, 0.6) is 0 Å². The van der Waals surface area contributed by atoms with Crippen molar-refractivity contribution in [1.29, 1.82) is 0 Å². The largest absolute Gasteiger partial charge is 0.322 e. The molecule has 0 aliphatic heterocycles. The molecule has 1 aromatic heterocycles. The summed E-state index contributed by atoms with van der Waals surface area (Å²) in [5.74, 6) is 1.30. The van der Waals surface area contributed by atoms with Crippen LogP contribution >= 0.6 is 0 Å². The molecule has 2 aromatic rings. The van der Waals surface area contributed by atoms with Crippen LogP contribution in [0.15, 0.2) is 41.2 Å². The number of fused-ring (bicyclic) bond motifs is 1. The number of aromatic amines is 1. The molecule has 21 heavy (non-hydrogen) atoms. The summed E-state index contributed by atoms with van der Waals surface area (Å²) in [7, 11) is 0. The number of aromatic nitrogens is 1. The Morgan fingerprint density at radius 3 is 2.86 bits per heavy atom. The molecule has 2 unspecified atom stereocenters. The third kappa shape index (κ3) is 2.80. The van der Waals surface area contributed by atoms with Crippen molar-refractivity contribution >= 4 is 10.9 Å². The van der Waals surface area contributed by atoms with Gasteiger partial charge in [-0.15, -0.1) is 0 Å². The summed E-state index contributed by atoms with van der Waals surface area (Å²) in [6, 6.07) is 8.53. The normalized spacial score (nSPS) is 19.8. The minimum atomic E-state index is 0.0446. The van der Waals surface area contributed by atoms with E-state index in [-0.39, 0.29) is 5.56 Å². The van der Waals surface area contributed by atoms with Gasteiger partial charge < -0.3 is 4.98 Å². The molecular formula is C19H23NO. The van der Waals surface area contributed by atoms with E-state index in [1.807, 2.05) is 13.0 Å². The summed E-state index contributed by atoms with van der Waals surface area (Å²) in [6.07, 6.45) is 9.06. The summed E-state index contributed by atoms with van der Waals surface area (Å²) in [5, 5.41) is 1.15. The molecule has 1 heterocycles. The molecule has 3 rings (SSSR count). The van der Waals surface area contributed by atoms with E-state index in [2.05, 4.69) is 42.3 Å². The number of benzene rings is 1. The first kappa shape index (κ1) is 14.1. The first-order chi connectivity index (χ1) is 10.2. The molecule has 1 aliphatic carbocycles. The Morgan fingerprint density at radius 1 is 1.29 bits per heavy atom. The summed E-state index contributed by atoms with van der Waals surface area (Å²) in [5.41, 5.74) is 3.24. The van der Waals surface area contributed by atoms with Gasteiger partial charge in [0, 0.05) is 11.1 Å². The molecule has 2 atom stereocenters. The molecule has 0 radical (unpaired) electrons. The average molecular weight is 281 g/mol. The number of pyridine rings is 1.